The molecule has 0 N–H and O–H groups in total. The monoisotopic (exact) mass is 255 g/mol. The van der Waals surface area contributed by atoms with Crippen molar-refractivity contribution < 1.29 is 8.78 Å². The van der Waals surface area contributed by atoms with E-state index < -0.39 is 11.6 Å². The number of pyridine rings is 1. The van der Waals surface area contributed by atoms with E-state index in [0.717, 1.165) is 6.20 Å². The Morgan fingerprint density at radius 1 is 1.50 bits per heavy atom. The average molecular weight is 255 g/mol. The highest BCUT2D eigenvalue weighted by Crippen LogP contribution is 2.15. The van der Waals surface area contributed by atoms with Crippen LogP contribution in [0.3, 0.4) is 0 Å². The molecule has 54 valence electrons. The van der Waals surface area contributed by atoms with E-state index in [-0.39, 0.29) is 9.26 Å². The Hall–Kier alpha value is -0.260. The average Bonchev–Trinajstić information content (AvgIpc) is 1.93. The summed E-state index contributed by atoms with van der Waals surface area (Å²) in [5.41, 5.74) is 0.228. The van der Waals surface area contributed by atoms with Crippen LogP contribution in [0.4, 0.5) is 8.78 Å². The van der Waals surface area contributed by atoms with Crippen molar-refractivity contribution in [3.05, 3.63) is 27.1 Å². The van der Waals surface area contributed by atoms with Gasteiger partial charge in [0.2, 0.25) is 0 Å². The van der Waals surface area contributed by atoms with Crippen molar-refractivity contribution in [1.82, 2.24) is 4.98 Å². The molecule has 0 bridgehead atoms. The first-order valence-corrected chi connectivity index (χ1v) is 3.67. The molecule has 0 saturated carbocycles. The second-order valence-corrected chi connectivity index (χ2v) is 2.90. The summed E-state index contributed by atoms with van der Waals surface area (Å²) in [5, 5.41) is 0. The number of halogens is 3. The Morgan fingerprint density at radius 2 is 2.10 bits per heavy atom. The minimum Gasteiger partial charge on any atom is -0.255 e. The van der Waals surface area contributed by atoms with Crippen molar-refractivity contribution in [1.29, 1.82) is 0 Å². The summed E-state index contributed by atoms with van der Waals surface area (Å²) in [6.07, 6.45) is 1.01. The predicted octanol–water partition coefficient (Wildman–Crippen LogP) is 2.27. The Labute approximate surface area is 70.6 Å². The molecule has 0 atom stereocenters. The first-order chi connectivity index (χ1) is 4.63. The molecule has 1 aromatic rings. The lowest BCUT2D eigenvalue weighted by Gasteiger charge is -1.97. The van der Waals surface area contributed by atoms with E-state index in [1.807, 2.05) is 0 Å². The van der Waals surface area contributed by atoms with Crippen molar-refractivity contribution in [2.75, 3.05) is 0 Å². The minimum absolute atomic E-state index is 0.00472. The molecule has 0 fully saturated rings. The molecular weight excluding hydrogens is 251 g/mol. The van der Waals surface area contributed by atoms with Crippen LogP contribution < -0.4 is 0 Å². The lowest BCUT2D eigenvalue weighted by atomic mass is 10.3. The Bertz CT molecular complexity index is 235. The summed E-state index contributed by atoms with van der Waals surface area (Å²) < 4.78 is 25.1. The van der Waals surface area contributed by atoms with Gasteiger partial charge in [-0.1, -0.05) is 0 Å². The van der Waals surface area contributed by atoms with Gasteiger partial charge in [-0.15, -0.1) is 0 Å². The van der Waals surface area contributed by atoms with Crippen LogP contribution in [-0.2, 0) is 0 Å². The zero-order valence-corrected chi connectivity index (χ0v) is 7.32. The molecule has 1 heterocycles. The maximum Gasteiger partial charge on any atom is 0.160 e. The van der Waals surface area contributed by atoms with Crippen LogP contribution in [0.15, 0.2) is 6.20 Å². The van der Waals surface area contributed by atoms with Crippen LogP contribution >= 0.6 is 22.6 Å². The fraction of sp³-hybridized carbons (Fsp3) is 0.167. The van der Waals surface area contributed by atoms with E-state index in [1.165, 1.54) is 6.92 Å². The zero-order valence-electron chi connectivity index (χ0n) is 5.16. The van der Waals surface area contributed by atoms with E-state index in [9.17, 15) is 8.78 Å². The highest BCUT2D eigenvalue weighted by Gasteiger charge is 2.07. The third-order valence-corrected chi connectivity index (χ3v) is 2.08. The molecule has 0 saturated heterocycles. The molecule has 0 aliphatic heterocycles. The number of nitrogens with zero attached hydrogens (tertiary/aromatic N) is 1. The van der Waals surface area contributed by atoms with Gasteiger partial charge in [-0.05, 0) is 29.5 Å². The molecule has 0 spiro atoms. The van der Waals surface area contributed by atoms with Crippen LogP contribution in [0.5, 0.6) is 0 Å². The summed E-state index contributed by atoms with van der Waals surface area (Å²) in [6.45, 7) is 1.50. The minimum atomic E-state index is -0.608. The van der Waals surface area contributed by atoms with E-state index in [2.05, 4.69) is 4.98 Å². The van der Waals surface area contributed by atoms with E-state index in [0.29, 0.717) is 0 Å². The lowest BCUT2D eigenvalue weighted by Crippen LogP contribution is -1.94. The molecule has 0 aliphatic rings. The van der Waals surface area contributed by atoms with Gasteiger partial charge in [0.15, 0.2) is 11.6 Å². The van der Waals surface area contributed by atoms with Gasteiger partial charge >= 0.3 is 0 Å². The largest absolute Gasteiger partial charge is 0.255 e. The second kappa shape index (κ2) is 2.77. The summed E-state index contributed by atoms with van der Waals surface area (Å²) in [5.74, 6) is -1.18. The first-order valence-electron chi connectivity index (χ1n) is 2.59. The van der Waals surface area contributed by atoms with Crippen LogP contribution in [0.1, 0.15) is 5.69 Å². The van der Waals surface area contributed by atoms with Gasteiger partial charge in [-0.3, -0.25) is 4.98 Å². The maximum absolute atomic E-state index is 12.7. The molecule has 0 radical (unpaired) electrons. The van der Waals surface area contributed by atoms with Crippen molar-refractivity contribution in [2.24, 2.45) is 0 Å². The third-order valence-electron chi connectivity index (χ3n) is 1.09. The molecule has 1 rings (SSSR count). The van der Waals surface area contributed by atoms with E-state index in [4.69, 9.17) is 0 Å². The number of aryl methyl sites for hydroxylation is 1. The fourth-order valence-corrected chi connectivity index (χ4v) is 1.06. The fourth-order valence-electron chi connectivity index (χ4n) is 0.531. The Morgan fingerprint density at radius 3 is 2.60 bits per heavy atom. The first kappa shape index (κ1) is 7.84. The van der Waals surface area contributed by atoms with Crippen LogP contribution in [0.25, 0.3) is 0 Å². The number of aromatic nitrogens is 1. The van der Waals surface area contributed by atoms with Crippen LogP contribution in [-0.4, -0.2) is 4.98 Å². The summed E-state index contributed by atoms with van der Waals surface area (Å²) in [4.78, 5) is 3.48. The van der Waals surface area contributed by atoms with Gasteiger partial charge in [0.25, 0.3) is 0 Å². The van der Waals surface area contributed by atoms with Crippen molar-refractivity contribution in [2.45, 2.75) is 6.92 Å². The van der Waals surface area contributed by atoms with Gasteiger partial charge in [-0.2, -0.15) is 0 Å². The van der Waals surface area contributed by atoms with Crippen molar-refractivity contribution in [3.8, 4) is 0 Å². The van der Waals surface area contributed by atoms with Crippen LogP contribution in [0.2, 0.25) is 0 Å². The zero-order chi connectivity index (χ0) is 7.72. The maximum atomic E-state index is 12.7. The molecule has 4 heteroatoms. The van der Waals surface area contributed by atoms with Gasteiger partial charge in [0.05, 0.1) is 15.5 Å². The smallest absolute Gasteiger partial charge is 0.160 e. The topological polar surface area (TPSA) is 12.9 Å². The number of rotatable bonds is 0. The van der Waals surface area contributed by atoms with Gasteiger partial charge in [-0.25, -0.2) is 8.78 Å². The van der Waals surface area contributed by atoms with Gasteiger partial charge < -0.3 is 0 Å². The Kier molecular flexibility index (Phi) is 2.18. The number of hydrogen-bond acceptors (Lipinski definition) is 1. The van der Waals surface area contributed by atoms with Crippen molar-refractivity contribution in [3.63, 3.8) is 0 Å². The Balaban J connectivity index is 3.34. The molecular formula is C6H4F2IN. The second-order valence-electron chi connectivity index (χ2n) is 1.82. The SMILES string of the molecule is Cc1ncc(F)c(I)c1F. The molecule has 1 aromatic heterocycles. The predicted molar refractivity (Wildman–Crippen MR) is 41.6 cm³/mol. The number of hydrogen-bond donors (Lipinski definition) is 0. The van der Waals surface area contributed by atoms with Gasteiger partial charge in [0.1, 0.15) is 0 Å². The molecule has 0 aromatic carbocycles. The molecule has 10 heavy (non-hydrogen) atoms. The standard InChI is InChI=1S/C6H4F2IN/c1-3-5(8)6(9)4(7)2-10-3/h2H,1H3. The van der Waals surface area contributed by atoms with Crippen LogP contribution in [0, 0.1) is 22.1 Å². The highest BCUT2D eigenvalue weighted by molar-refractivity contribution is 14.1. The highest BCUT2D eigenvalue weighted by atomic mass is 127. The quantitative estimate of drug-likeness (QED) is 0.648. The summed E-state index contributed by atoms with van der Waals surface area (Å²) in [6, 6.07) is 0. The van der Waals surface area contributed by atoms with Gasteiger partial charge in [0, 0.05) is 0 Å². The van der Waals surface area contributed by atoms with Crippen molar-refractivity contribution >= 4 is 22.6 Å². The molecule has 1 nitrogen and oxygen atoms in total. The van der Waals surface area contributed by atoms with E-state index >= 15 is 0 Å². The molecule has 0 amide bonds. The summed E-state index contributed by atoms with van der Waals surface area (Å²) in [7, 11) is 0. The summed E-state index contributed by atoms with van der Waals surface area (Å²) >= 11 is 1.60. The molecule has 0 aliphatic carbocycles. The third kappa shape index (κ3) is 1.25. The lowest BCUT2D eigenvalue weighted by molar-refractivity contribution is 0.552. The normalized spacial score (nSPS) is 10.0. The molecule has 0 unspecified atom stereocenters. The van der Waals surface area contributed by atoms with E-state index in [1.54, 1.807) is 22.6 Å².